The second-order valence-corrected chi connectivity index (χ2v) is 6.78. The summed E-state index contributed by atoms with van der Waals surface area (Å²) in [5, 5.41) is 0. The second kappa shape index (κ2) is 5.93. The first kappa shape index (κ1) is 15.4. The Morgan fingerprint density at radius 3 is 2.30 bits per heavy atom. The molecule has 0 unspecified atom stereocenters. The fraction of sp³-hybridized carbons (Fsp3) is 0.333. The van der Waals surface area contributed by atoms with Crippen LogP contribution in [0.4, 0.5) is 5.95 Å². The van der Waals surface area contributed by atoms with Gasteiger partial charge >= 0.3 is 5.69 Å². The van der Waals surface area contributed by atoms with Gasteiger partial charge in [0, 0.05) is 44.8 Å². The third-order valence-corrected chi connectivity index (χ3v) is 5.38. The predicted molar refractivity (Wildman–Crippen MR) is 80.7 cm³/mol. The van der Waals surface area contributed by atoms with Crippen LogP contribution in [0.1, 0.15) is 0 Å². The first-order valence-corrected chi connectivity index (χ1v) is 8.26. The van der Waals surface area contributed by atoms with E-state index in [1.807, 2.05) is 9.88 Å². The number of H-pyrrole nitrogens is 2. The number of rotatable bonds is 3. The van der Waals surface area contributed by atoms with Gasteiger partial charge in [0.2, 0.25) is 16.0 Å². The lowest BCUT2D eigenvalue weighted by Gasteiger charge is -2.33. The molecule has 3 rings (SSSR count). The third kappa shape index (κ3) is 3.00. The summed E-state index contributed by atoms with van der Waals surface area (Å²) in [6.45, 7) is 1.20. The molecule has 2 N–H and O–H groups in total. The first-order chi connectivity index (χ1) is 11.0. The summed E-state index contributed by atoms with van der Waals surface area (Å²) in [5.41, 5.74) is -1.68. The summed E-state index contributed by atoms with van der Waals surface area (Å²) in [5.74, 6) is 0.534. The van der Waals surface area contributed by atoms with E-state index in [0.717, 1.165) is 6.20 Å². The summed E-state index contributed by atoms with van der Waals surface area (Å²) in [4.78, 5) is 36.4. The molecule has 23 heavy (non-hydrogen) atoms. The molecule has 0 spiro atoms. The number of nitrogens with zero attached hydrogens (tertiary/aromatic N) is 4. The van der Waals surface area contributed by atoms with Crippen LogP contribution in [0.15, 0.2) is 39.1 Å². The van der Waals surface area contributed by atoms with Crippen molar-refractivity contribution >= 4 is 16.0 Å². The Balaban J connectivity index is 1.79. The third-order valence-electron chi connectivity index (χ3n) is 3.48. The number of hydrogen-bond acceptors (Lipinski definition) is 7. The number of nitrogens with one attached hydrogen (secondary N) is 2. The maximum Gasteiger partial charge on any atom is 0.325 e. The molecule has 1 aliphatic rings. The van der Waals surface area contributed by atoms with E-state index in [4.69, 9.17) is 0 Å². The van der Waals surface area contributed by atoms with Crippen molar-refractivity contribution in [1.82, 2.24) is 24.2 Å². The van der Waals surface area contributed by atoms with Crippen molar-refractivity contribution in [1.29, 1.82) is 0 Å². The van der Waals surface area contributed by atoms with E-state index in [2.05, 4.69) is 15.0 Å². The van der Waals surface area contributed by atoms with Gasteiger partial charge in [-0.25, -0.2) is 23.2 Å². The van der Waals surface area contributed by atoms with Crippen molar-refractivity contribution in [3.63, 3.8) is 0 Å². The molecule has 0 atom stereocenters. The van der Waals surface area contributed by atoms with Gasteiger partial charge < -0.3 is 9.88 Å². The molecule has 3 heterocycles. The molecule has 0 amide bonds. The lowest BCUT2D eigenvalue weighted by atomic mass is 10.4. The highest BCUT2D eigenvalue weighted by Gasteiger charge is 2.31. The van der Waals surface area contributed by atoms with Crippen LogP contribution in [0.5, 0.6) is 0 Å². The SMILES string of the molecule is O=c1[nH]cc(S(=O)(=O)N2CCN(c3ncccn3)CC2)c(=O)[nH]1. The minimum absolute atomic E-state index is 0.194. The first-order valence-electron chi connectivity index (χ1n) is 6.82. The van der Waals surface area contributed by atoms with Crippen molar-refractivity contribution in [3.05, 3.63) is 45.5 Å². The van der Waals surface area contributed by atoms with Crippen LogP contribution >= 0.6 is 0 Å². The van der Waals surface area contributed by atoms with Crippen LogP contribution in [0.3, 0.4) is 0 Å². The minimum Gasteiger partial charge on any atom is -0.338 e. The molecular formula is C12H14N6O4S. The maximum atomic E-state index is 12.5. The molecule has 11 heteroatoms. The molecular weight excluding hydrogens is 324 g/mol. The zero-order valence-corrected chi connectivity index (χ0v) is 12.8. The van der Waals surface area contributed by atoms with E-state index < -0.39 is 26.2 Å². The molecule has 0 saturated carbocycles. The lowest BCUT2D eigenvalue weighted by Crippen LogP contribution is -2.50. The van der Waals surface area contributed by atoms with Gasteiger partial charge in [0.05, 0.1) is 0 Å². The Labute approximate surface area is 130 Å². The van der Waals surface area contributed by atoms with Gasteiger partial charge in [-0.3, -0.25) is 9.78 Å². The average molecular weight is 338 g/mol. The largest absolute Gasteiger partial charge is 0.338 e. The van der Waals surface area contributed by atoms with Gasteiger partial charge in [0.15, 0.2) is 4.90 Å². The summed E-state index contributed by atoms with van der Waals surface area (Å²) in [6.07, 6.45) is 4.15. The molecule has 0 aromatic carbocycles. The highest BCUT2D eigenvalue weighted by Crippen LogP contribution is 2.15. The Morgan fingerprint density at radius 1 is 1.04 bits per heavy atom. The fourth-order valence-electron chi connectivity index (χ4n) is 2.31. The van der Waals surface area contributed by atoms with E-state index in [-0.39, 0.29) is 13.1 Å². The van der Waals surface area contributed by atoms with Crippen molar-refractivity contribution < 1.29 is 8.42 Å². The van der Waals surface area contributed by atoms with Gasteiger partial charge in [-0.15, -0.1) is 0 Å². The normalized spacial score (nSPS) is 16.4. The number of aromatic nitrogens is 4. The monoisotopic (exact) mass is 338 g/mol. The quantitative estimate of drug-likeness (QED) is 0.686. The van der Waals surface area contributed by atoms with Crippen LogP contribution in [-0.2, 0) is 10.0 Å². The Kier molecular flexibility index (Phi) is 3.96. The highest BCUT2D eigenvalue weighted by molar-refractivity contribution is 7.89. The molecule has 1 fully saturated rings. The maximum absolute atomic E-state index is 12.5. The molecule has 10 nitrogen and oxygen atoms in total. The van der Waals surface area contributed by atoms with E-state index in [0.29, 0.717) is 19.0 Å². The van der Waals surface area contributed by atoms with Gasteiger partial charge in [0.25, 0.3) is 5.56 Å². The lowest BCUT2D eigenvalue weighted by molar-refractivity contribution is 0.382. The number of piperazine rings is 1. The van der Waals surface area contributed by atoms with Crippen LogP contribution in [0.2, 0.25) is 0 Å². The fourth-order valence-corrected chi connectivity index (χ4v) is 3.73. The van der Waals surface area contributed by atoms with E-state index in [1.165, 1.54) is 4.31 Å². The number of anilines is 1. The van der Waals surface area contributed by atoms with E-state index in [1.54, 1.807) is 18.5 Å². The van der Waals surface area contributed by atoms with Crippen molar-refractivity contribution in [2.75, 3.05) is 31.1 Å². The summed E-state index contributed by atoms with van der Waals surface area (Å²) >= 11 is 0. The second-order valence-electron chi connectivity index (χ2n) is 4.88. The van der Waals surface area contributed by atoms with Crippen molar-refractivity contribution in [2.24, 2.45) is 0 Å². The van der Waals surface area contributed by atoms with Gasteiger partial charge in [-0.1, -0.05) is 0 Å². The van der Waals surface area contributed by atoms with Crippen molar-refractivity contribution in [2.45, 2.75) is 4.90 Å². The Bertz CT molecular complexity index is 899. The zero-order chi connectivity index (χ0) is 16.4. The van der Waals surface area contributed by atoms with Crippen LogP contribution in [0, 0.1) is 0 Å². The van der Waals surface area contributed by atoms with Crippen molar-refractivity contribution in [3.8, 4) is 0 Å². The van der Waals surface area contributed by atoms with Crippen LogP contribution < -0.4 is 16.1 Å². The number of aromatic amines is 2. The van der Waals surface area contributed by atoms with Gasteiger partial charge in [-0.2, -0.15) is 4.31 Å². The molecule has 1 aliphatic heterocycles. The predicted octanol–water partition coefficient (Wildman–Crippen LogP) is -1.64. The summed E-state index contributed by atoms with van der Waals surface area (Å²) in [7, 11) is -3.96. The number of hydrogen-bond donors (Lipinski definition) is 2. The zero-order valence-electron chi connectivity index (χ0n) is 12.0. The summed E-state index contributed by atoms with van der Waals surface area (Å²) < 4.78 is 26.2. The van der Waals surface area contributed by atoms with E-state index in [9.17, 15) is 18.0 Å². The van der Waals surface area contributed by atoms with Gasteiger partial charge in [-0.05, 0) is 6.07 Å². The molecule has 0 radical (unpaired) electrons. The molecule has 2 aromatic heterocycles. The smallest absolute Gasteiger partial charge is 0.325 e. The Morgan fingerprint density at radius 2 is 1.70 bits per heavy atom. The highest BCUT2D eigenvalue weighted by atomic mass is 32.2. The summed E-state index contributed by atoms with van der Waals surface area (Å²) in [6, 6.07) is 1.70. The molecule has 1 saturated heterocycles. The topological polar surface area (TPSA) is 132 Å². The standard InChI is InChI=1S/C12H14N6O4S/c19-10-9(8-15-12(20)16-10)23(21,22)18-6-4-17(5-7-18)11-13-2-1-3-14-11/h1-3,8H,4-7H2,(H2,15,16,19,20). The molecule has 2 aromatic rings. The van der Waals surface area contributed by atoms with Crippen LogP contribution in [0.25, 0.3) is 0 Å². The molecule has 122 valence electrons. The molecule has 0 aliphatic carbocycles. The number of sulfonamides is 1. The minimum atomic E-state index is -3.96. The van der Waals surface area contributed by atoms with E-state index >= 15 is 0 Å². The van der Waals surface area contributed by atoms with Crippen LogP contribution in [-0.4, -0.2) is 58.8 Å². The molecule has 0 bridgehead atoms. The Hall–Kier alpha value is -2.53. The average Bonchev–Trinajstić information content (AvgIpc) is 2.55. The van der Waals surface area contributed by atoms with Gasteiger partial charge in [0.1, 0.15) is 0 Å².